The molecule has 0 saturated heterocycles. The first-order valence-corrected chi connectivity index (χ1v) is 10.6. The highest BCUT2D eigenvalue weighted by Gasteiger charge is 2.23. The zero-order chi connectivity index (χ0) is 25.2. The standard InChI is InChI=1S/C25H28N4O5/c1-15-7-8-17(9-22(15)28-14-18(13-26-28)24(32)33)23(31)29(34-6)21-11-19(25(3,4)5)10-20(12-21)27-16(2)30/h7-14H,1-6H3,(H,27,30)(H,32,33). The summed E-state index contributed by atoms with van der Waals surface area (Å²) in [4.78, 5) is 41.8. The molecule has 178 valence electrons. The minimum atomic E-state index is -1.09. The fourth-order valence-electron chi connectivity index (χ4n) is 3.41. The molecule has 0 saturated carbocycles. The summed E-state index contributed by atoms with van der Waals surface area (Å²) in [5, 5.41) is 17.2. The van der Waals surface area contributed by atoms with Gasteiger partial charge in [-0.15, -0.1) is 0 Å². The van der Waals surface area contributed by atoms with Gasteiger partial charge in [0.25, 0.3) is 5.91 Å². The maximum Gasteiger partial charge on any atom is 0.338 e. The molecule has 0 aliphatic carbocycles. The second-order valence-corrected chi connectivity index (χ2v) is 8.96. The number of carbonyl (C=O) groups excluding carboxylic acids is 2. The summed E-state index contributed by atoms with van der Waals surface area (Å²) in [7, 11) is 1.39. The van der Waals surface area contributed by atoms with Crippen molar-refractivity contribution in [1.29, 1.82) is 0 Å². The second kappa shape index (κ2) is 9.48. The summed E-state index contributed by atoms with van der Waals surface area (Å²) in [5.41, 5.74) is 3.40. The lowest BCUT2D eigenvalue weighted by Gasteiger charge is -2.25. The number of nitrogens with zero attached hydrogens (tertiary/aromatic N) is 3. The predicted octanol–water partition coefficient (Wildman–Crippen LogP) is 4.34. The van der Waals surface area contributed by atoms with E-state index in [1.54, 1.807) is 24.3 Å². The number of anilines is 2. The molecule has 0 radical (unpaired) electrons. The zero-order valence-corrected chi connectivity index (χ0v) is 20.0. The Hall–Kier alpha value is -3.98. The number of hydrogen-bond donors (Lipinski definition) is 2. The Morgan fingerprint density at radius 1 is 1.09 bits per heavy atom. The average molecular weight is 465 g/mol. The van der Waals surface area contributed by atoms with Gasteiger partial charge in [0, 0.05) is 24.4 Å². The Labute approximate surface area is 197 Å². The Bertz CT molecular complexity index is 1260. The summed E-state index contributed by atoms with van der Waals surface area (Å²) < 4.78 is 1.42. The third-order valence-electron chi connectivity index (χ3n) is 5.24. The lowest BCUT2D eigenvalue weighted by molar-refractivity contribution is -0.114. The first-order valence-electron chi connectivity index (χ1n) is 10.6. The topological polar surface area (TPSA) is 114 Å². The number of hydroxylamine groups is 1. The van der Waals surface area contributed by atoms with Gasteiger partial charge in [-0.25, -0.2) is 9.48 Å². The molecule has 2 amide bonds. The van der Waals surface area contributed by atoms with E-state index < -0.39 is 11.9 Å². The zero-order valence-electron chi connectivity index (χ0n) is 20.0. The molecule has 34 heavy (non-hydrogen) atoms. The molecule has 3 aromatic rings. The van der Waals surface area contributed by atoms with Crippen LogP contribution in [0.5, 0.6) is 0 Å². The first kappa shape index (κ1) is 24.7. The molecule has 0 unspecified atom stereocenters. The van der Waals surface area contributed by atoms with E-state index in [0.717, 1.165) is 16.2 Å². The van der Waals surface area contributed by atoms with Crippen LogP contribution >= 0.6 is 0 Å². The summed E-state index contributed by atoms with van der Waals surface area (Å²) in [6.07, 6.45) is 2.64. The van der Waals surface area contributed by atoms with Crippen molar-refractivity contribution in [3.8, 4) is 5.69 Å². The molecular formula is C25H28N4O5. The highest BCUT2D eigenvalue weighted by molar-refractivity contribution is 6.05. The van der Waals surface area contributed by atoms with Crippen molar-refractivity contribution >= 4 is 29.2 Å². The summed E-state index contributed by atoms with van der Waals surface area (Å²) in [6.45, 7) is 9.35. The van der Waals surface area contributed by atoms with Crippen LogP contribution in [0.1, 0.15) is 59.5 Å². The van der Waals surface area contributed by atoms with E-state index in [2.05, 4.69) is 10.4 Å². The van der Waals surface area contributed by atoms with Crippen LogP contribution in [0.4, 0.5) is 11.4 Å². The Kier molecular flexibility index (Phi) is 6.88. The number of benzene rings is 2. The SMILES string of the molecule is CON(C(=O)c1ccc(C)c(-n2cc(C(=O)O)cn2)c1)c1cc(NC(C)=O)cc(C(C)(C)C)c1. The van der Waals surface area contributed by atoms with Crippen molar-refractivity contribution in [2.24, 2.45) is 0 Å². The van der Waals surface area contributed by atoms with Gasteiger partial charge in [-0.2, -0.15) is 10.2 Å². The van der Waals surface area contributed by atoms with Gasteiger partial charge in [0.05, 0.1) is 30.2 Å². The molecule has 9 nitrogen and oxygen atoms in total. The van der Waals surface area contributed by atoms with Crippen molar-refractivity contribution in [2.75, 3.05) is 17.5 Å². The molecule has 0 spiro atoms. The van der Waals surface area contributed by atoms with Crippen LogP contribution < -0.4 is 10.4 Å². The van der Waals surface area contributed by atoms with Gasteiger partial charge in [-0.3, -0.25) is 14.4 Å². The third-order valence-corrected chi connectivity index (χ3v) is 5.24. The molecule has 0 aliphatic rings. The highest BCUT2D eigenvalue weighted by atomic mass is 16.7. The van der Waals surface area contributed by atoms with E-state index >= 15 is 0 Å². The highest BCUT2D eigenvalue weighted by Crippen LogP contribution is 2.31. The first-order chi connectivity index (χ1) is 15.9. The Morgan fingerprint density at radius 3 is 2.35 bits per heavy atom. The van der Waals surface area contributed by atoms with Gasteiger partial charge in [0.2, 0.25) is 5.91 Å². The van der Waals surface area contributed by atoms with Gasteiger partial charge in [-0.05, 0) is 53.8 Å². The van der Waals surface area contributed by atoms with Gasteiger partial charge < -0.3 is 10.4 Å². The van der Waals surface area contributed by atoms with Gasteiger partial charge in [-0.1, -0.05) is 26.8 Å². The number of aromatic carboxylic acids is 1. The third kappa shape index (κ3) is 5.32. The number of amides is 2. The van der Waals surface area contributed by atoms with E-state index in [1.807, 2.05) is 39.8 Å². The summed E-state index contributed by atoms with van der Waals surface area (Å²) in [5.74, 6) is -1.75. The fourth-order valence-corrected chi connectivity index (χ4v) is 3.41. The second-order valence-electron chi connectivity index (χ2n) is 8.96. The summed E-state index contributed by atoms with van der Waals surface area (Å²) in [6, 6.07) is 10.4. The lowest BCUT2D eigenvalue weighted by Crippen LogP contribution is -2.30. The van der Waals surface area contributed by atoms with E-state index in [1.165, 1.54) is 31.1 Å². The minimum absolute atomic E-state index is 0.0409. The van der Waals surface area contributed by atoms with Gasteiger partial charge in [0.1, 0.15) is 0 Å². The van der Waals surface area contributed by atoms with E-state index in [9.17, 15) is 19.5 Å². The van der Waals surface area contributed by atoms with Crippen LogP contribution in [0.15, 0.2) is 48.8 Å². The smallest absolute Gasteiger partial charge is 0.338 e. The number of aromatic nitrogens is 2. The molecule has 0 atom stereocenters. The Balaban J connectivity index is 2.04. The largest absolute Gasteiger partial charge is 0.478 e. The molecule has 0 bridgehead atoms. The minimum Gasteiger partial charge on any atom is -0.478 e. The predicted molar refractivity (Wildman–Crippen MR) is 129 cm³/mol. The van der Waals surface area contributed by atoms with Crippen LogP contribution in [-0.2, 0) is 15.0 Å². The maximum absolute atomic E-state index is 13.5. The van der Waals surface area contributed by atoms with E-state index in [-0.39, 0.29) is 16.9 Å². The van der Waals surface area contributed by atoms with Crippen LogP contribution in [0.3, 0.4) is 0 Å². The van der Waals surface area contributed by atoms with Crippen molar-refractivity contribution in [3.05, 3.63) is 71.0 Å². The number of carbonyl (C=O) groups is 3. The van der Waals surface area contributed by atoms with Crippen LogP contribution in [0.2, 0.25) is 0 Å². The van der Waals surface area contributed by atoms with E-state index in [0.29, 0.717) is 22.6 Å². The van der Waals surface area contributed by atoms with Crippen LogP contribution in [-0.4, -0.2) is 39.8 Å². The van der Waals surface area contributed by atoms with Crippen LogP contribution in [0, 0.1) is 6.92 Å². The van der Waals surface area contributed by atoms with Crippen molar-refractivity contribution in [1.82, 2.24) is 9.78 Å². The molecule has 2 aromatic carbocycles. The monoisotopic (exact) mass is 464 g/mol. The number of hydrogen-bond acceptors (Lipinski definition) is 5. The molecule has 1 heterocycles. The fraction of sp³-hybridized carbons (Fsp3) is 0.280. The molecular weight excluding hydrogens is 436 g/mol. The molecule has 2 N–H and O–H groups in total. The van der Waals surface area contributed by atoms with Gasteiger partial charge in [0.15, 0.2) is 0 Å². The molecule has 1 aromatic heterocycles. The van der Waals surface area contributed by atoms with Gasteiger partial charge >= 0.3 is 5.97 Å². The quantitative estimate of drug-likeness (QED) is 0.525. The van der Waals surface area contributed by atoms with Crippen molar-refractivity contribution in [2.45, 2.75) is 40.0 Å². The lowest BCUT2D eigenvalue weighted by atomic mass is 9.86. The number of nitrogens with one attached hydrogen (secondary N) is 1. The molecule has 0 fully saturated rings. The molecule has 0 aliphatic heterocycles. The number of carboxylic acids is 1. The van der Waals surface area contributed by atoms with E-state index in [4.69, 9.17) is 4.84 Å². The molecule has 3 rings (SSSR count). The number of aryl methyl sites for hydroxylation is 1. The average Bonchev–Trinajstić information content (AvgIpc) is 3.23. The number of rotatable bonds is 6. The van der Waals surface area contributed by atoms with Crippen molar-refractivity contribution in [3.63, 3.8) is 0 Å². The molecule has 9 heteroatoms. The number of carboxylic acid groups (broad SMARTS) is 1. The Morgan fingerprint density at radius 2 is 1.79 bits per heavy atom. The van der Waals surface area contributed by atoms with Crippen LogP contribution in [0.25, 0.3) is 5.69 Å². The normalized spacial score (nSPS) is 11.2. The maximum atomic E-state index is 13.5. The van der Waals surface area contributed by atoms with Crippen molar-refractivity contribution < 1.29 is 24.3 Å². The summed E-state index contributed by atoms with van der Waals surface area (Å²) >= 11 is 0.